The van der Waals surface area contributed by atoms with Gasteiger partial charge in [0.1, 0.15) is 10.7 Å². The van der Waals surface area contributed by atoms with E-state index >= 15 is 0 Å². The van der Waals surface area contributed by atoms with E-state index in [0.717, 1.165) is 20.9 Å². The van der Waals surface area contributed by atoms with Crippen LogP contribution in [0.25, 0.3) is 10.2 Å². The lowest BCUT2D eigenvalue weighted by Gasteiger charge is -2.32. The lowest BCUT2D eigenvalue weighted by atomic mass is 9.90. The summed E-state index contributed by atoms with van der Waals surface area (Å²) in [5, 5.41) is 0. The van der Waals surface area contributed by atoms with Crippen molar-refractivity contribution in [1.82, 2.24) is 4.98 Å². The van der Waals surface area contributed by atoms with Gasteiger partial charge in [0.2, 0.25) is 0 Å². The monoisotopic (exact) mass is 291 g/mol. The molecule has 1 aromatic carbocycles. The molecule has 0 atom stereocenters. The van der Waals surface area contributed by atoms with Crippen molar-refractivity contribution < 1.29 is 14.0 Å². The van der Waals surface area contributed by atoms with E-state index in [1.165, 1.54) is 0 Å². The van der Waals surface area contributed by atoms with Gasteiger partial charge in [-0.05, 0) is 39.8 Å². The van der Waals surface area contributed by atoms with Crippen molar-refractivity contribution in [1.29, 1.82) is 0 Å². The molecule has 0 amide bonds. The fraction of sp³-hybridized carbons (Fsp3) is 0.500. The summed E-state index contributed by atoms with van der Waals surface area (Å²) < 4.78 is 18.4. The number of aromatic nitrogens is 1. The smallest absolute Gasteiger partial charge is 0.497 e. The summed E-state index contributed by atoms with van der Waals surface area (Å²) >= 11 is 1.60. The molecule has 4 nitrogen and oxygen atoms in total. The van der Waals surface area contributed by atoms with E-state index in [1.807, 2.05) is 45.9 Å². The highest BCUT2D eigenvalue weighted by atomic mass is 32.1. The molecule has 1 aliphatic heterocycles. The third-order valence-electron chi connectivity index (χ3n) is 4.07. The Bertz CT molecular complexity index is 637. The Morgan fingerprint density at radius 1 is 1.15 bits per heavy atom. The van der Waals surface area contributed by atoms with E-state index in [-0.39, 0.29) is 11.2 Å². The molecule has 0 saturated carbocycles. The van der Waals surface area contributed by atoms with Gasteiger partial charge in [-0.15, -0.1) is 11.3 Å². The summed E-state index contributed by atoms with van der Waals surface area (Å²) in [6.45, 7) is 8.18. The molecule has 0 aliphatic carbocycles. The highest BCUT2D eigenvalue weighted by Crippen LogP contribution is 2.37. The molecule has 0 bridgehead atoms. The number of nitrogens with zero attached hydrogens (tertiary/aromatic N) is 1. The number of methoxy groups -OCH3 is 1. The minimum absolute atomic E-state index is 0.340. The molecule has 1 aromatic heterocycles. The number of ether oxygens (including phenoxy) is 1. The normalized spacial score (nSPS) is 20.6. The predicted molar refractivity (Wildman–Crippen MR) is 81.9 cm³/mol. The van der Waals surface area contributed by atoms with Gasteiger partial charge in [0.05, 0.1) is 28.5 Å². The topological polar surface area (TPSA) is 40.6 Å². The highest BCUT2D eigenvalue weighted by Gasteiger charge is 2.52. The van der Waals surface area contributed by atoms with Gasteiger partial charge >= 0.3 is 7.12 Å². The first-order chi connectivity index (χ1) is 9.32. The van der Waals surface area contributed by atoms with Crippen LogP contribution in [0.2, 0.25) is 0 Å². The second-order valence-corrected chi connectivity index (χ2v) is 7.04. The van der Waals surface area contributed by atoms with Gasteiger partial charge < -0.3 is 14.0 Å². The molecule has 6 heteroatoms. The molecule has 1 saturated heterocycles. The third kappa shape index (κ3) is 2.12. The van der Waals surface area contributed by atoms with Gasteiger partial charge in [0.15, 0.2) is 0 Å². The van der Waals surface area contributed by atoms with Gasteiger partial charge in [-0.3, -0.25) is 0 Å². The van der Waals surface area contributed by atoms with Crippen molar-refractivity contribution in [2.24, 2.45) is 0 Å². The van der Waals surface area contributed by atoms with E-state index in [9.17, 15) is 0 Å². The average Bonchev–Trinajstić information content (AvgIpc) is 2.87. The largest absolute Gasteiger partial charge is 0.525 e. The van der Waals surface area contributed by atoms with Crippen molar-refractivity contribution in [2.75, 3.05) is 7.11 Å². The maximum absolute atomic E-state index is 6.03. The van der Waals surface area contributed by atoms with E-state index in [1.54, 1.807) is 18.4 Å². The highest BCUT2D eigenvalue weighted by molar-refractivity contribution is 7.27. The fourth-order valence-electron chi connectivity index (χ4n) is 2.10. The predicted octanol–water partition coefficient (Wildman–Crippen LogP) is 2.60. The van der Waals surface area contributed by atoms with Gasteiger partial charge in [-0.2, -0.15) is 0 Å². The van der Waals surface area contributed by atoms with Crippen LogP contribution in [0.1, 0.15) is 27.7 Å². The van der Waals surface area contributed by atoms with Crippen LogP contribution in [0, 0.1) is 0 Å². The molecule has 106 valence electrons. The maximum atomic E-state index is 6.03. The van der Waals surface area contributed by atoms with Gasteiger partial charge in [0, 0.05) is 6.07 Å². The van der Waals surface area contributed by atoms with Crippen LogP contribution < -0.4 is 9.64 Å². The van der Waals surface area contributed by atoms with Crippen molar-refractivity contribution in [2.45, 2.75) is 38.9 Å². The second-order valence-electron chi connectivity index (χ2n) is 5.97. The standard InChI is InChI=1S/C14H18BNO3S/c1-13(2)14(3,4)19-15(18-13)12-16-10-8-9(17-5)6-7-11(10)20-12/h6-8H,1-5H3. The van der Waals surface area contributed by atoms with Crippen molar-refractivity contribution in [3.05, 3.63) is 18.2 Å². The average molecular weight is 291 g/mol. The lowest BCUT2D eigenvalue weighted by Crippen LogP contribution is -2.41. The first kappa shape index (κ1) is 13.9. The van der Waals surface area contributed by atoms with E-state index in [4.69, 9.17) is 14.0 Å². The van der Waals surface area contributed by atoms with E-state index in [2.05, 4.69) is 4.98 Å². The molecular weight excluding hydrogens is 273 g/mol. The number of rotatable bonds is 2. The van der Waals surface area contributed by atoms with Crippen molar-refractivity contribution in [3.8, 4) is 5.75 Å². The summed E-state index contributed by atoms with van der Waals surface area (Å²) in [4.78, 5) is 5.48. The SMILES string of the molecule is COc1ccc2sc(B3OC(C)(C)C(C)(C)O3)nc2c1. The van der Waals surface area contributed by atoms with Crippen LogP contribution in [-0.4, -0.2) is 30.4 Å². The van der Waals surface area contributed by atoms with Crippen LogP contribution in [-0.2, 0) is 9.31 Å². The van der Waals surface area contributed by atoms with E-state index in [0.29, 0.717) is 0 Å². The Labute approximate surface area is 123 Å². The summed E-state index contributed by atoms with van der Waals surface area (Å²) in [6, 6.07) is 5.88. The third-order valence-corrected chi connectivity index (χ3v) is 5.12. The van der Waals surface area contributed by atoms with Crippen LogP contribution in [0.4, 0.5) is 0 Å². The molecule has 0 spiro atoms. The van der Waals surface area contributed by atoms with E-state index < -0.39 is 7.12 Å². The summed E-state index contributed by atoms with van der Waals surface area (Å²) in [6.07, 6.45) is 0. The molecule has 3 rings (SSSR count). The lowest BCUT2D eigenvalue weighted by molar-refractivity contribution is 0.00578. The Hall–Kier alpha value is -1.11. The van der Waals surface area contributed by atoms with Gasteiger partial charge in [-0.25, -0.2) is 4.98 Å². The number of fused-ring (bicyclic) bond motifs is 1. The molecule has 0 unspecified atom stereocenters. The Morgan fingerprint density at radius 3 is 2.40 bits per heavy atom. The number of hydrogen-bond donors (Lipinski definition) is 0. The fourth-order valence-corrected chi connectivity index (χ4v) is 3.00. The van der Waals surface area contributed by atoms with Crippen LogP contribution in [0.3, 0.4) is 0 Å². The number of thiazole rings is 1. The Balaban J connectivity index is 1.96. The zero-order valence-electron chi connectivity index (χ0n) is 12.4. The minimum atomic E-state index is -0.400. The molecular formula is C14H18BNO3S. The number of hydrogen-bond acceptors (Lipinski definition) is 5. The quantitative estimate of drug-likeness (QED) is 0.797. The molecule has 1 fully saturated rings. The molecule has 0 N–H and O–H groups in total. The molecule has 2 aromatic rings. The van der Waals surface area contributed by atoms with Crippen LogP contribution >= 0.6 is 11.3 Å². The zero-order chi connectivity index (χ0) is 14.5. The molecule has 20 heavy (non-hydrogen) atoms. The summed E-state index contributed by atoms with van der Waals surface area (Å²) in [7, 11) is 1.26. The maximum Gasteiger partial charge on any atom is 0.525 e. The molecule has 2 heterocycles. The number of benzene rings is 1. The van der Waals surface area contributed by atoms with Gasteiger partial charge in [0.25, 0.3) is 0 Å². The second kappa shape index (κ2) is 4.45. The zero-order valence-corrected chi connectivity index (χ0v) is 13.2. The Morgan fingerprint density at radius 2 is 1.80 bits per heavy atom. The molecule has 1 aliphatic rings. The molecule has 0 radical (unpaired) electrons. The van der Waals surface area contributed by atoms with Crippen molar-refractivity contribution in [3.63, 3.8) is 0 Å². The summed E-state index contributed by atoms with van der Waals surface area (Å²) in [5.41, 5.74) is 0.236. The van der Waals surface area contributed by atoms with Gasteiger partial charge in [-0.1, -0.05) is 0 Å². The summed E-state index contributed by atoms with van der Waals surface area (Å²) in [5.74, 6) is 0.809. The van der Waals surface area contributed by atoms with Crippen LogP contribution in [0.5, 0.6) is 5.75 Å². The van der Waals surface area contributed by atoms with Crippen molar-refractivity contribution >= 4 is 33.6 Å². The van der Waals surface area contributed by atoms with Crippen LogP contribution in [0.15, 0.2) is 18.2 Å². The minimum Gasteiger partial charge on any atom is -0.497 e. The Kier molecular flexibility index (Phi) is 3.08. The first-order valence-corrected chi connectivity index (χ1v) is 7.44. The first-order valence-electron chi connectivity index (χ1n) is 6.62.